The molecule has 0 saturated carbocycles. The Kier molecular flexibility index (Phi) is 6.46. The minimum atomic E-state index is 0.0192. The summed E-state index contributed by atoms with van der Waals surface area (Å²) >= 11 is 0. The molecule has 3 aromatic rings. The molecule has 3 heterocycles. The van der Waals surface area contributed by atoms with Gasteiger partial charge in [0.15, 0.2) is 0 Å². The molecule has 0 bridgehead atoms. The molecule has 1 aliphatic heterocycles. The second-order valence-corrected chi connectivity index (χ2v) is 6.95. The van der Waals surface area contributed by atoms with Gasteiger partial charge in [-0.1, -0.05) is 36.4 Å². The highest BCUT2D eigenvalue weighted by Crippen LogP contribution is 2.18. The van der Waals surface area contributed by atoms with Crippen molar-refractivity contribution in [3.63, 3.8) is 0 Å². The van der Waals surface area contributed by atoms with Gasteiger partial charge < -0.3 is 19.9 Å². The Labute approximate surface area is 175 Å². The van der Waals surface area contributed by atoms with Crippen molar-refractivity contribution in [1.82, 2.24) is 19.9 Å². The van der Waals surface area contributed by atoms with E-state index in [-0.39, 0.29) is 12.5 Å². The molecule has 1 saturated heterocycles. The summed E-state index contributed by atoms with van der Waals surface area (Å²) < 4.78 is 5.58. The van der Waals surface area contributed by atoms with Crippen LogP contribution in [0, 0.1) is 0 Å². The van der Waals surface area contributed by atoms with Gasteiger partial charge in [-0.3, -0.25) is 4.79 Å². The molecule has 0 radical (unpaired) electrons. The number of piperazine rings is 1. The van der Waals surface area contributed by atoms with Gasteiger partial charge in [0.25, 0.3) is 0 Å². The number of aromatic nitrogens is 3. The van der Waals surface area contributed by atoms with Gasteiger partial charge in [0.2, 0.25) is 5.91 Å². The molecule has 2 aromatic heterocycles. The first-order chi connectivity index (χ1) is 14.8. The van der Waals surface area contributed by atoms with Crippen LogP contribution < -0.4 is 10.2 Å². The normalized spacial score (nSPS) is 13.9. The third kappa shape index (κ3) is 5.30. The maximum Gasteiger partial charge on any atom is 0.248 e. The number of nitrogens with zero attached hydrogens (tertiary/aromatic N) is 5. The molecule has 154 valence electrons. The van der Waals surface area contributed by atoms with E-state index in [4.69, 9.17) is 4.74 Å². The molecule has 4 rings (SSSR count). The van der Waals surface area contributed by atoms with Crippen LogP contribution in [0.5, 0.6) is 0 Å². The van der Waals surface area contributed by atoms with Gasteiger partial charge in [-0.15, -0.1) is 0 Å². The van der Waals surface area contributed by atoms with E-state index in [1.165, 1.54) is 6.33 Å². The monoisotopic (exact) mass is 404 g/mol. The highest BCUT2D eigenvalue weighted by atomic mass is 16.5. The van der Waals surface area contributed by atoms with Crippen LogP contribution in [0.2, 0.25) is 0 Å². The number of amides is 1. The molecule has 0 aliphatic carbocycles. The summed E-state index contributed by atoms with van der Waals surface area (Å²) in [6.07, 6.45) is 3.26. The van der Waals surface area contributed by atoms with E-state index in [1.54, 1.807) is 6.20 Å². The Balaban J connectivity index is 1.26. The molecular weight excluding hydrogens is 380 g/mol. The summed E-state index contributed by atoms with van der Waals surface area (Å²) in [6, 6.07) is 17.4. The number of hydrogen-bond donors (Lipinski definition) is 1. The Morgan fingerprint density at radius 2 is 1.73 bits per heavy atom. The number of benzene rings is 1. The third-order valence-corrected chi connectivity index (χ3v) is 4.87. The first kappa shape index (κ1) is 19.8. The average Bonchev–Trinajstić information content (AvgIpc) is 2.81. The molecule has 30 heavy (non-hydrogen) atoms. The van der Waals surface area contributed by atoms with Gasteiger partial charge in [-0.25, -0.2) is 15.0 Å². The lowest BCUT2D eigenvalue weighted by Gasteiger charge is -2.35. The van der Waals surface area contributed by atoms with Crippen LogP contribution in [-0.2, 0) is 16.1 Å². The van der Waals surface area contributed by atoms with Gasteiger partial charge in [-0.05, 0) is 17.7 Å². The highest BCUT2D eigenvalue weighted by Gasteiger charge is 2.22. The van der Waals surface area contributed by atoms with Crippen molar-refractivity contribution < 1.29 is 9.53 Å². The lowest BCUT2D eigenvalue weighted by molar-refractivity contribution is -0.136. The summed E-state index contributed by atoms with van der Waals surface area (Å²) in [6.45, 7) is 3.25. The minimum absolute atomic E-state index is 0.0192. The number of anilines is 3. The number of pyridine rings is 1. The smallest absolute Gasteiger partial charge is 0.248 e. The molecule has 8 nitrogen and oxygen atoms in total. The largest absolute Gasteiger partial charge is 0.367 e. The van der Waals surface area contributed by atoms with Crippen molar-refractivity contribution in [2.75, 3.05) is 43.0 Å². The van der Waals surface area contributed by atoms with Crippen molar-refractivity contribution in [2.24, 2.45) is 0 Å². The van der Waals surface area contributed by atoms with E-state index in [2.05, 4.69) is 25.2 Å². The molecule has 0 spiro atoms. The quantitative estimate of drug-likeness (QED) is 0.648. The molecule has 0 unspecified atom stereocenters. The standard InChI is InChI=1S/C22H24N6O2/c29-22(16-30-15-18-6-2-1-3-7-18)28-12-10-27(11-13-28)21-14-20(24-17-25-21)26-19-8-4-5-9-23-19/h1-9,14,17H,10-13,15-16H2,(H,23,24,25,26). The summed E-state index contributed by atoms with van der Waals surface area (Å²) in [5.41, 5.74) is 1.06. The summed E-state index contributed by atoms with van der Waals surface area (Å²) in [5.74, 6) is 2.27. The fraction of sp³-hybridized carbons (Fsp3) is 0.273. The first-order valence-corrected chi connectivity index (χ1v) is 9.92. The van der Waals surface area contributed by atoms with Gasteiger partial charge in [-0.2, -0.15) is 0 Å². The van der Waals surface area contributed by atoms with Crippen molar-refractivity contribution in [1.29, 1.82) is 0 Å². The van der Waals surface area contributed by atoms with E-state index in [0.717, 1.165) is 17.2 Å². The fourth-order valence-electron chi connectivity index (χ4n) is 3.26. The number of ether oxygens (including phenoxy) is 1. The van der Waals surface area contributed by atoms with Crippen LogP contribution in [0.4, 0.5) is 17.5 Å². The number of nitrogens with one attached hydrogen (secondary N) is 1. The molecule has 1 N–H and O–H groups in total. The topological polar surface area (TPSA) is 83.5 Å². The Hall–Kier alpha value is -3.52. The van der Waals surface area contributed by atoms with Gasteiger partial charge >= 0.3 is 0 Å². The van der Waals surface area contributed by atoms with Gasteiger partial charge in [0.05, 0.1) is 6.61 Å². The van der Waals surface area contributed by atoms with E-state index in [9.17, 15) is 4.79 Å². The van der Waals surface area contributed by atoms with Crippen molar-refractivity contribution in [3.05, 3.63) is 72.7 Å². The molecular formula is C22H24N6O2. The summed E-state index contributed by atoms with van der Waals surface area (Å²) in [4.78, 5) is 29.3. The summed E-state index contributed by atoms with van der Waals surface area (Å²) in [7, 11) is 0. The van der Waals surface area contributed by atoms with Crippen LogP contribution in [0.25, 0.3) is 0 Å². The number of rotatable bonds is 7. The van der Waals surface area contributed by atoms with Crippen LogP contribution in [0.3, 0.4) is 0 Å². The lowest BCUT2D eigenvalue weighted by atomic mass is 10.2. The van der Waals surface area contributed by atoms with Crippen LogP contribution in [0.1, 0.15) is 5.56 Å². The number of hydrogen-bond acceptors (Lipinski definition) is 7. The van der Waals surface area contributed by atoms with Crippen molar-refractivity contribution in [2.45, 2.75) is 6.61 Å². The Morgan fingerprint density at radius 3 is 2.50 bits per heavy atom. The van der Waals surface area contributed by atoms with Gasteiger partial charge in [0, 0.05) is 38.4 Å². The minimum Gasteiger partial charge on any atom is -0.367 e. The number of carbonyl (C=O) groups excluding carboxylic acids is 1. The molecule has 1 fully saturated rings. The first-order valence-electron chi connectivity index (χ1n) is 9.92. The maximum absolute atomic E-state index is 12.4. The third-order valence-electron chi connectivity index (χ3n) is 4.87. The van der Waals surface area contributed by atoms with E-state index >= 15 is 0 Å². The van der Waals surface area contributed by atoms with Crippen LogP contribution >= 0.6 is 0 Å². The average molecular weight is 404 g/mol. The van der Waals surface area contributed by atoms with Crippen LogP contribution in [0.15, 0.2) is 67.1 Å². The second kappa shape index (κ2) is 9.80. The summed E-state index contributed by atoms with van der Waals surface area (Å²) in [5, 5.41) is 3.18. The zero-order valence-electron chi connectivity index (χ0n) is 16.6. The Morgan fingerprint density at radius 1 is 0.933 bits per heavy atom. The lowest BCUT2D eigenvalue weighted by Crippen LogP contribution is -2.50. The molecule has 8 heteroatoms. The van der Waals surface area contributed by atoms with Gasteiger partial charge in [0.1, 0.15) is 30.4 Å². The van der Waals surface area contributed by atoms with E-state index in [0.29, 0.717) is 38.6 Å². The zero-order chi connectivity index (χ0) is 20.6. The van der Waals surface area contributed by atoms with Crippen LogP contribution in [-0.4, -0.2) is 58.5 Å². The zero-order valence-corrected chi connectivity index (χ0v) is 16.6. The predicted molar refractivity (Wildman–Crippen MR) is 114 cm³/mol. The molecule has 1 amide bonds. The SMILES string of the molecule is O=C(COCc1ccccc1)N1CCN(c2cc(Nc3ccccn3)ncn2)CC1. The molecule has 0 atom stereocenters. The van der Waals surface area contributed by atoms with Crippen molar-refractivity contribution >= 4 is 23.4 Å². The number of carbonyl (C=O) groups is 1. The van der Waals surface area contributed by atoms with E-state index in [1.807, 2.05) is 59.5 Å². The van der Waals surface area contributed by atoms with E-state index < -0.39 is 0 Å². The van der Waals surface area contributed by atoms with Crippen molar-refractivity contribution in [3.8, 4) is 0 Å². The molecule has 1 aromatic carbocycles. The predicted octanol–water partition coefficient (Wildman–Crippen LogP) is 2.48. The highest BCUT2D eigenvalue weighted by molar-refractivity contribution is 5.77. The fourth-order valence-corrected chi connectivity index (χ4v) is 3.26. The molecule has 1 aliphatic rings. The second-order valence-electron chi connectivity index (χ2n) is 6.95. The maximum atomic E-state index is 12.4. The Bertz CT molecular complexity index is 946.